The minimum absolute atomic E-state index is 0.154. The lowest BCUT2D eigenvalue weighted by atomic mass is 10.2. The SMILES string of the molecule is CC1Oc2ccc(NC(=O)Cc3csc(-c4ccc(Cl)cc4)n3)cc2NC1=O. The van der Waals surface area contributed by atoms with E-state index in [1.54, 1.807) is 25.1 Å². The first-order valence-corrected chi connectivity index (χ1v) is 9.85. The highest BCUT2D eigenvalue weighted by molar-refractivity contribution is 7.13. The number of hydrogen-bond acceptors (Lipinski definition) is 5. The van der Waals surface area contributed by atoms with Crippen LogP contribution in [-0.4, -0.2) is 22.9 Å². The molecule has 4 rings (SSSR count). The van der Waals surface area contributed by atoms with Gasteiger partial charge in [-0.15, -0.1) is 11.3 Å². The maximum atomic E-state index is 12.4. The predicted octanol–water partition coefficient (Wildman–Crippen LogP) is 4.36. The molecule has 0 fully saturated rings. The maximum Gasteiger partial charge on any atom is 0.265 e. The fraction of sp³-hybridized carbons (Fsp3) is 0.150. The molecule has 0 saturated carbocycles. The van der Waals surface area contributed by atoms with Crippen LogP contribution >= 0.6 is 22.9 Å². The lowest BCUT2D eigenvalue weighted by molar-refractivity contribution is -0.122. The number of hydrogen-bond donors (Lipinski definition) is 2. The Morgan fingerprint density at radius 2 is 2.07 bits per heavy atom. The molecule has 1 aliphatic rings. The molecular weight excluding hydrogens is 398 g/mol. The molecule has 2 amide bonds. The zero-order chi connectivity index (χ0) is 19.7. The number of fused-ring (bicyclic) bond motifs is 1. The molecule has 8 heteroatoms. The summed E-state index contributed by atoms with van der Waals surface area (Å²) in [6.07, 6.45) is -0.381. The first-order chi connectivity index (χ1) is 13.5. The predicted molar refractivity (Wildman–Crippen MR) is 110 cm³/mol. The molecule has 0 aliphatic carbocycles. The summed E-state index contributed by atoms with van der Waals surface area (Å²) >= 11 is 7.39. The molecule has 1 aliphatic heterocycles. The standard InChI is InChI=1S/C20H16ClN3O3S/c1-11-19(26)24-16-8-14(6-7-17(16)27-11)22-18(25)9-15-10-28-20(23-15)12-2-4-13(21)5-3-12/h2-8,10-11H,9H2,1H3,(H,22,25)(H,24,26). The third-order valence-electron chi connectivity index (χ3n) is 4.18. The van der Waals surface area contributed by atoms with Crippen LogP contribution in [-0.2, 0) is 16.0 Å². The number of rotatable bonds is 4. The Kier molecular flexibility index (Phi) is 5.02. The molecule has 1 aromatic heterocycles. The first-order valence-electron chi connectivity index (χ1n) is 8.60. The largest absolute Gasteiger partial charge is 0.479 e. The Balaban J connectivity index is 1.42. The van der Waals surface area contributed by atoms with Crippen LogP contribution in [0.15, 0.2) is 47.8 Å². The topological polar surface area (TPSA) is 80.3 Å². The lowest BCUT2D eigenvalue weighted by Crippen LogP contribution is -2.34. The number of amides is 2. The number of aromatic nitrogens is 1. The third kappa shape index (κ3) is 4.00. The van der Waals surface area contributed by atoms with Gasteiger partial charge in [-0.05, 0) is 37.3 Å². The Morgan fingerprint density at radius 1 is 1.29 bits per heavy atom. The number of carbonyl (C=O) groups excluding carboxylic acids is 2. The molecule has 1 atom stereocenters. The second kappa shape index (κ2) is 7.61. The van der Waals surface area contributed by atoms with Gasteiger partial charge in [0.05, 0.1) is 17.8 Å². The van der Waals surface area contributed by atoms with E-state index in [1.165, 1.54) is 11.3 Å². The van der Waals surface area contributed by atoms with E-state index in [0.29, 0.717) is 27.8 Å². The van der Waals surface area contributed by atoms with E-state index < -0.39 is 6.10 Å². The van der Waals surface area contributed by atoms with Crippen molar-refractivity contribution in [1.82, 2.24) is 4.98 Å². The van der Waals surface area contributed by atoms with Gasteiger partial charge >= 0.3 is 0 Å². The van der Waals surface area contributed by atoms with E-state index in [4.69, 9.17) is 16.3 Å². The van der Waals surface area contributed by atoms with Crippen molar-refractivity contribution in [3.8, 4) is 16.3 Å². The van der Waals surface area contributed by atoms with Crippen LogP contribution in [0.3, 0.4) is 0 Å². The molecule has 28 heavy (non-hydrogen) atoms. The van der Waals surface area contributed by atoms with Crippen LogP contribution in [0.5, 0.6) is 5.75 Å². The second-order valence-electron chi connectivity index (χ2n) is 6.34. The van der Waals surface area contributed by atoms with Crippen molar-refractivity contribution in [2.75, 3.05) is 10.6 Å². The number of nitrogens with one attached hydrogen (secondary N) is 2. The molecular formula is C20H16ClN3O3S. The molecule has 0 radical (unpaired) electrons. The Morgan fingerprint density at radius 3 is 2.86 bits per heavy atom. The van der Waals surface area contributed by atoms with E-state index >= 15 is 0 Å². The summed E-state index contributed by atoms with van der Waals surface area (Å²) in [5.41, 5.74) is 2.77. The van der Waals surface area contributed by atoms with Crippen LogP contribution in [0.2, 0.25) is 5.02 Å². The number of thiazole rings is 1. The number of ether oxygens (including phenoxy) is 1. The van der Waals surface area contributed by atoms with Gasteiger partial charge < -0.3 is 15.4 Å². The molecule has 0 saturated heterocycles. The highest BCUT2D eigenvalue weighted by Gasteiger charge is 2.23. The van der Waals surface area contributed by atoms with E-state index in [1.807, 2.05) is 29.6 Å². The van der Waals surface area contributed by atoms with Crippen molar-refractivity contribution in [2.24, 2.45) is 0 Å². The zero-order valence-corrected chi connectivity index (χ0v) is 16.4. The molecule has 2 aromatic carbocycles. The van der Waals surface area contributed by atoms with Gasteiger partial charge in [-0.3, -0.25) is 9.59 Å². The van der Waals surface area contributed by atoms with Crippen LogP contribution in [0.1, 0.15) is 12.6 Å². The fourth-order valence-electron chi connectivity index (χ4n) is 2.77. The monoisotopic (exact) mass is 413 g/mol. The number of halogens is 1. The van der Waals surface area contributed by atoms with E-state index in [-0.39, 0.29) is 18.2 Å². The number of benzene rings is 2. The third-order valence-corrected chi connectivity index (χ3v) is 5.37. The smallest absolute Gasteiger partial charge is 0.265 e. The van der Waals surface area contributed by atoms with Crippen molar-refractivity contribution in [3.05, 3.63) is 58.6 Å². The van der Waals surface area contributed by atoms with Crippen molar-refractivity contribution in [2.45, 2.75) is 19.4 Å². The highest BCUT2D eigenvalue weighted by atomic mass is 35.5. The van der Waals surface area contributed by atoms with Crippen LogP contribution < -0.4 is 15.4 Å². The van der Waals surface area contributed by atoms with Gasteiger partial charge in [0.25, 0.3) is 5.91 Å². The second-order valence-corrected chi connectivity index (χ2v) is 7.63. The van der Waals surface area contributed by atoms with E-state index in [9.17, 15) is 9.59 Å². The summed E-state index contributed by atoms with van der Waals surface area (Å²) in [5, 5.41) is 8.96. The molecule has 0 bridgehead atoms. The fourth-order valence-corrected chi connectivity index (χ4v) is 3.72. The van der Waals surface area contributed by atoms with E-state index in [0.717, 1.165) is 10.6 Å². The van der Waals surface area contributed by atoms with Gasteiger partial charge in [-0.25, -0.2) is 4.98 Å². The molecule has 3 aromatic rings. The number of carbonyl (C=O) groups is 2. The molecule has 6 nitrogen and oxygen atoms in total. The summed E-state index contributed by atoms with van der Waals surface area (Å²) < 4.78 is 5.51. The van der Waals surface area contributed by atoms with Gasteiger partial charge in [0, 0.05) is 21.7 Å². The van der Waals surface area contributed by atoms with Gasteiger partial charge in [0.15, 0.2) is 6.10 Å². The van der Waals surface area contributed by atoms with E-state index in [2.05, 4.69) is 15.6 Å². The quantitative estimate of drug-likeness (QED) is 0.665. The van der Waals surface area contributed by atoms with Crippen LogP contribution in [0.4, 0.5) is 11.4 Å². The normalized spacial score (nSPS) is 15.4. The molecule has 142 valence electrons. The zero-order valence-electron chi connectivity index (χ0n) is 14.9. The van der Waals surface area contributed by atoms with Crippen molar-refractivity contribution < 1.29 is 14.3 Å². The van der Waals surface area contributed by atoms with Gasteiger partial charge in [-0.2, -0.15) is 0 Å². The number of anilines is 2. The minimum Gasteiger partial charge on any atom is -0.479 e. The van der Waals surface area contributed by atoms with Crippen LogP contribution in [0.25, 0.3) is 10.6 Å². The van der Waals surface area contributed by atoms with Crippen LogP contribution in [0, 0.1) is 0 Å². The van der Waals surface area contributed by atoms with Crippen molar-refractivity contribution in [3.63, 3.8) is 0 Å². The summed E-state index contributed by atoms with van der Waals surface area (Å²) in [6.45, 7) is 1.68. The Hall–Kier alpha value is -2.90. The average molecular weight is 414 g/mol. The highest BCUT2D eigenvalue weighted by Crippen LogP contribution is 2.32. The maximum absolute atomic E-state index is 12.4. The van der Waals surface area contributed by atoms with Gasteiger partial charge in [-0.1, -0.05) is 23.7 Å². The summed E-state index contributed by atoms with van der Waals surface area (Å²) in [5.74, 6) is 0.176. The summed E-state index contributed by atoms with van der Waals surface area (Å²) in [4.78, 5) is 28.6. The summed E-state index contributed by atoms with van der Waals surface area (Å²) in [7, 11) is 0. The minimum atomic E-state index is -0.535. The Labute approximate surface area is 170 Å². The molecule has 0 spiro atoms. The van der Waals surface area contributed by atoms with Crippen molar-refractivity contribution >= 4 is 46.1 Å². The Bertz CT molecular complexity index is 1050. The van der Waals surface area contributed by atoms with Crippen molar-refractivity contribution in [1.29, 1.82) is 0 Å². The molecule has 2 heterocycles. The molecule has 1 unspecified atom stereocenters. The summed E-state index contributed by atoms with van der Waals surface area (Å²) in [6, 6.07) is 12.6. The van der Waals surface area contributed by atoms with Gasteiger partial charge in [0.1, 0.15) is 10.8 Å². The first kappa shape index (κ1) is 18.5. The lowest BCUT2D eigenvalue weighted by Gasteiger charge is -2.23. The van der Waals surface area contributed by atoms with Gasteiger partial charge in [0.2, 0.25) is 5.91 Å². The molecule has 2 N–H and O–H groups in total. The average Bonchev–Trinajstić information content (AvgIpc) is 3.12. The number of nitrogens with zero attached hydrogens (tertiary/aromatic N) is 1.